The van der Waals surface area contributed by atoms with Gasteiger partial charge in [0.15, 0.2) is 15.8 Å². The van der Waals surface area contributed by atoms with Gasteiger partial charge in [-0.3, -0.25) is 0 Å². The molecular formula is C14H15N5S. The second-order valence-electron chi connectivity index (χ2n) is 4.72. The summed E-state index contributed by atoms with van der Waals surface area (Å²) in [5.41, 5.74) is 9.99. The number of hydrogen-bond donors (Lipinski definition) is 2. The van der Waals surface area contributed by atoms with Crippen LogP contribution in [0.15, 0.2) is 18.2 Å². The fourth-order valence-corrected chi connectivity index (χ4v) is 3.02. The van der Waals surface area contributed by atoms with Crippen LogP contribution in [0.25, 0.3) is 10.3 Å². The molecule has 3 rings (SSSR count). The van der Waals surface area contributed by atoms with Crippen LogP contribution in [-0.4, -0.2) is 15.0 Å². The summed E-state index contributed by atoms with van der Waals surface area (Å²) in [6.45, 7) is 5.97. The average Bonchev–Trinajstić information content (AvgIpc) is 2.77. The normalized spacial score (nSPS) is 10.9. The van der Waals surface area contributed by atoms with Crippen LogP contribution >= 0.6 is 11.3 Å². The fourth-order valence-electron chi connectivity index (χ4n) is 2.13. The third-order valence-electron chi connectivity index (χ3n) is 3.11. The summed E-state index contributed by atoms with van der Waals surface area (Å²) in [5, 5.41) is 4.14. The molecule has 0 fully saturated rings. The molecule has 0 bridgehead atoms. The number of hydrogen-bond acceptors (Lipinski definition) is 6. The predicted molar refractivity (Wildman–Crippen MR) is 83.6 cm³/mol. The molecule has 6 heteroatoms. The fraction of sp³-hybridized carbons (Fsp3) is 0.214. The number of nitrogens with zero attached hydrogens (tertiary/aromatic N) is 3. The Morgan fingerprint density at radius 2 is 1.75 bits per heavy atom. The Morgan fingerprint density at radius 1 is 1.05 bits per heavy atom. The van der Waals surface area contributed by atoms with E-state index in [0.29, 0.717) is 17.2 Å². The molecule has 102 valence electrons. The van der Waals surface area contributed by atoms with Crippen LogP contribution in [0.4, 0.5) is 16.6 Å². The summed E-state index contributed by atoms with van der Waals surface area (Å²) in [6, 6.07) is 6.18. The number of aryl methyl sites for hydroxylation is 3. The second-order valence-corrected chi connectivity index (χ2v) is 5.70. The van der Waals surface area contributed by atoms with Gasteiger partial charge in [0.25, 0.3) is 0 Å². The molecule has 0 saturated carbocycles. The zero-order valence-corrected chi connectivity index (χ0v) is 12.4. The number of para-hydroxylation sites is 1. The Bertz CT molecular complexity index is 773. The zero-order chi connectivity index (χ0) is 14.3. The molecule has 0 aliphatic carbocycles. The first kappa shape index (κ1) is 12.8. The lowest BCUT2D eigenvalue weighted by molar-refractivity contribution is 1.10. The molecule has 3 N–H and O–H groups in total. The van der Waals surface area contributed by atoms with Gasteiger partial charge in [0.05, 0.1) is 0 Å². The molecule has 3 aromatic rings. The van der Waals surface area contributed by atoms with E-state index >= 15 is 0 Å². The van der Waals surface area contributed by atoms with E-state index in [9.17, 15) is 0 Å². The van der Waals surface area contributed by atoms with Crippen LogP contribution in [0.3, 0.4) is 0 Å². The van der Waals surface area contributed by atoms with Gasteiger partial charge >= 0.3 is 0 Å². The van der Waals surface area contributed by atoms with E-state index in [-0.39, 0.29) is 0 Å². The maximum Gasteiger partial charge on any atom is 0.189 e. The second kappa shape index (κ2) is 4.72. The van der Waals surface area contributed by atoms with Gasteiger partial charge in [0.2, 0.25) is 0 Å². The number of fused-ring (bicyclic) bond motifs is 1. The molecule has 0 radical (unpaired) electrons. The number of thiazole rings is 1. The highest BCUT2D eigenvalue weighted by Crippen LogP contribution is 2.31. The van der Waals surface area contributed by atoms with Crippen molar-refractivity contribution in [3.05, 3.63) is 35.2 Å². The van der Waals surface area contributed by atoms with E-state index in [2.05, 4.69) is 46.2 Å². The Labute approximate surface area is 120 Å². The standard InChI is InChI=1S/C14H15N5S/c1-7-5-4-6-8(2)10(7)18-14-19-11-12(15)16-9(3)17-13(11)20-14/h4-6H,1-3H3,(H,18,19)(H2,15,16,17). The van der Waals surface area contributed by atoms with E-state index in [0.717, 1.165) is 15.6 Å². The van der Waals surface area contributed by atoms with Gasteiger partial charge in [-0.2, -0.15) is 0 Å². The highest BCUT2D eigenvalue weighted by atomic mass is 32.1. The predicted octanol–water partition coefficient (Wildman–Crippen LogP) is 3.34. The number of benzene rings is 1. The summed E-state index contributed by atoms with van der Waals surface area (Å²) in [5.74, 6) is 1.09. The minimum atomic E-state index is 0.429. The molecule has 0 atom stereocenters. The third kappa shape index (κ3) is 2.18. The van der Waals surface area contributed by atoms with Crippen LogP contribution in [0.5, 0.6) is 0 Å². The number of nitrogen functional groups attached to an aromatic ring is 1. The van der Waals surface area contributed by atoms with Crippen LogP contribution in [0, 0.1) is 20.8 Å². The molecule has 0 aliphatic rings. The van der Waals surface area contributed by atoms with Crippen molar-refractivity contribution in [3.8, 4) is 0 Å². The minimum Gasteiger partial charge on any atom is -0.382 e. The van der Waals surface area contributed by atoms with Crippen molar-refractivity contribution in [1.29, 1.82) is 0 Å². The first-order valence-electron chi connectivity index (χ1n) is 6.28. The number of aromatic nitrogens is 3. The molecule has 0 aliphatic heterocycles. The molecule has 2 heterocycles. The number of anilines is 3. The molecule has 0 unspecified atom stereocenters. The Kier molecular flexibility index (Phi) is 3.02. The van der Waals surface area contributed by atoms with Crippen LogP contribution in [0.1, 0.15) is 17.0 Å². The molecule has 0 saturated heterocycles. The van der Waals surface area contributed by atoms with E-state index < -0.39 is 0 Å². The van der Waals surface area contributed by atoms with Crippen LogP contribution in [-0.2, 0) is 0 Å². The molecule has 0 spiro atoms. The first-order chi connectivity index (χ1) is 9.54. The van der Waals surface area contributed by atoms with E-state index in [4.69, 9.17) is 5.73 Å². The van der Waals surface area contributed by atoms with E-state index in [1.54, 1.807) is 0 Å². The van der Waals surface area contributed by atoms with Gasteiger partial charge in [-0.15, -0.1) is 0 Å². The smallest absolute Gasteiger partial charge is 0.189 e. The van der Waals surface area contributed by atoms with Gasteiger partial charge in [0.1, 0.15) is 11.3 Å². The maximum absolute atomic E-state index is 5.89. The molecular weight excluding hydrogens is 270 g/mol. The Hall–Kier alpha value is -2.21. The van der Waals surface area contributed by atoms with Crippen molar-refractivity contribution in [3.63, 3.8) is 0 Å². The summed E-state index contributed by atoms with van der Waals surface area (Å²) in [4.78, 5) is 13.8. The average molecular weight is 285 g/mol. The van der Waals surface area contributed by atoms with E-state index in [1.807, 2.05) is 13.0 Å². The molecule has 20 heavy (non-hydrogen) atoms. The van der Waals surface area contributed by atoms with Crippen molar-refractivity contribution >= 4 is 38.3 Å². The minimum absolute atomic E-state index is 0.429. The summed E-state index contributed by atoms with van der Waals surface area (Å²) >= 11 is 1.48. The van der Waals surface area contributed by atoms with Crippen LogP contribution in [0.2, 0.25) is 0 Å². The first-order valence-corrected chi connectivity index (χ1v) is 7.10. The monoisotopic (exact) mass is 285 g/mol. The summed E-state index contributed by atoms with van der Waals surface area (Å²) < 4.78 is 0. The molecule has 5 nitrogen and oxygen atoms in total. The van der Waals surface area contributed by atoms with Crippen molar-refractivity contribution in [2.45, 2.75) is 20.8 Å². The SMILES string of the molecule is Cc1nc(N)c2nc(Nc3c(C)cccc3C)sc2n1. The van der Waals surface area contributed by atoms with Crippen LogP contribution < -0.4 is 11.1 Å². The number of rotatable bonds is 2. The zero-order valence-electron chi connectivity index (χ0n) is 11.6. The van der Waals surface area contributed by atoms with Crippen molar-refractivity contribution < 1.29 is 0 Å². The quantitative estimate of drug-likeness (QED) is 0.755. The third-order valence-corrected chi connectivity index (χ3v) is 3.98. The Morgan fingerprint density at radius 3 is 2.45 bits per heavy atom. The van der Waals surface area contributed by atoms with Gasteiger partial charge in [-0.25, -0.2) is 15.0 Å². The van der Waals surface area contributed by atoms with Gasteiger partial charge in [-0.1, -0.05) is 29.5 Å². The van der Waals surface area contributed by atoms with Gasteiger partial charge < -0.3 is 11.1 Å². The highest BCUT2D eigenvalue weighted by molar-refractivity contribution is 7.21. The Balaban J connectivity index is 2.06. The van der Waals surface area contributed by atoms with Crippen molar-refractivity contribution in [2.24, 2.45) is 0 Å². The van der Waals surface area contributed by atoms with Crippen molar-refractivity contribution in [2.75, 3.05) is 11.1 Å². The lowest BCUT2D eigenvalue weighted by Crippen LogP contribution is -1.97. The summed E-state index contributed by atoms with van der Waals surface area (Å²) in [7, 11) is 0. The van der Waals surface area contributed by atoms with Gasteiger partial charge in [0, 0.05) is 5.69 Å². The van der Waals surface area contributed by atoms with E-state index in [1.165, 1.54) is 22.5 Å². The number of nitrogens with one attached hydrogen (secondary N) is 1. The summed E-state index contributed by atoms with van der Waals surface area (Å²) in [6.07, 6.45) is 0. The maximum atomic E-state index is 5.89. The topological polar surface area (TPSA) is 76.7 Å². The largest absolute Gasteiger partial charge is 0.382 e. The highest BCUT2D eigenvalue weighted by Gasteiger charge is 2.11. The molecule has 0 amide bonds. The molecule has 1 aromatic carbocycles. The lowest BCUT2D eigenvalue weighted by atomic mass is 10.1. The number of nitrogens with two attached hydrogens (primary N) is 1. The van der Waals surface area contributed by atoms with Gasteiger partial charge in [-0.05, 0) is 31.9 Å². The molecule has 2 aromatic heterocycles. The lowest BCUT2D eigenvalue weighted by Gasteiger charge is -2.09. The van der Waals surface area contributed by atoms with Crippen molar-refractivity contribution in [1.82, 2.24) is 15.0 Å².